The summed E-state index contributed by atoms with van der Waals surface area (Å²) in [7, 11) is 1.54. The van der Waals surface area contributed by atoms with E-state index in [0.29, 0.717) is 13.0 Å². The second-order valence-corrected chi connectivity index (χ2v) is 4.41. The van der Waals surface area contributed by atoms with Crippen LogP contribution in [0, 0.1) is 0 Å². The van der Waals surface area contributed by atoms with Crippen molar-refractivity contribution in [3.8, 4) is 0 Å². The van der Waals surface area contributed by atoms with E-state index in [9.17, 15) is 14.7 Å². The number of urea groups is 1. The molecule has 2 amide bonds. The molecule has 1 rings (SSSR count). The Morgan fingerprint density at radius 1 is 1.56 bits per heavy atom. The monoisotopic (exact) mass is 260 g/mol. The zero-order valence-electron chi connectivity index (χ0n) is 10.6. The first kappa shape index (κ1) is 14.7. The minimum atomic E-state index is -1.10. The standard InChI is InChI=1S/C11H20N2O5/c1-3-7(6-18-2)12-11(17)13-5-8(14)4-9(13)10(15)16/h7-9,14H,3-6H2,1-2H3,(H,12,17)(H,15,16). The van der Waals surface area contributed by atoms with Crippen LogP contribution in [0.1, 0.15) is 19.8 Å². The highest BCUT2D eigenvalue weighted by molar-refractivity contribution is 5.83. The first-order valence-corrected chi connectivity index (χ1v) is 5.96. The van der Waals surface area contributed by atoms with Gasteiger partial charge in [-0.2, -0.15) is 0 Å². The third kappa shape index (κ3) is 3.58. The summed E-state index contributed by atoms with van der Waals surface area (Å²) in [4.78, 5) is 24.1. The molecule has 0 aliphatic carbocycles. The molecule has 1 heterocycles. The summed E-state index contributed by atoms with van der Waals surface area (Å²) in [5.41, 5.74) is 0. The molecule has 3 N–H and O–H groups in total. The third-order valence-corrected chi connectivity index (χ3v) is 3.01. The van der Waals surface area contributed by atoms with Gasteiger partial charge in [-0.25, -0.2) is 9.59 Å². The lowest BCUT2D eigenvalue weighted by Gasteiger charge is -2.25. The van der Waals surface area contributed by atoms with Gasteiger partial charge in [-0.1, -0.05) is 6.92 Å². The molecular formula is C11H20N2O5. The van der Waals surface area contributed by atoms with E-state index in [1.807, 2.05) is 6.92 Å². The average molecular weight is 260 g/mol. The number of likely N-dealkylation sites (tertiary alicyclic amines) is 1. The minimum Gasteiger partial charge on any atom is -0.480 e. The lowest BCUT2D eigenvalue weighted by molar-refractivity contribution is -0.141. The molecule has 1 fully saturated rings. The largest absolute Gasteiger partial charge is 0.480 e. The van der Waals surface area contributed by atoms with Crippen LogP contribution in [-0.4, -0.2) is 65.6 Å². The molecule has 0 saturated carbocycles. The average Bonchev–Trinajstić information content (AvgIpc) is 2.71. The molecule has 0 bridgehead atoms. The van der Waals surface area contributed by atoms with Gasteiger partial charge in [-0.3, -0.25) is 0 Å². The van der Waals surface area contributed by atoms with Crippen LogP contribution in [-0.2, 0) is 9.53 Å². The fourth-order valence-corrected chi connectivity index (χ4v) is 1.99. The summed E-state index contributed by atoms with van der Waals surface area (Å²) < 4.78 is 4.95. The van der Waals surface area contributed by atoms with Gasteiger partial charge in [-0.15, -0.1) is 0 Å². The summed E-state index contributed by atoms with van der Waals surface area (Å²) in [5.74, 6) is -1.10. The lowest BCUT2D eigenvalue weighted by atomic mass is 10.2. The van der Waals surface area contributed by atoms with Gasteiger partial charge in [0.25, 0.3) is 0 Å². The number of hydrogen-bond donors (Lipinski definition) is 3. The van der Waals surface area contributed by atoms with E-state index >= 15 is 0 Å². The van der Waals surface area contributed by atoms with E-state index in [0.717, 1.165) is 4.90 Å². The first-order chi connectivity index (χ1) is 8.49. The predicted octanol–water partition coefficient (Wildman–Crippen LogP) is -0.359. The Kier molecular flexibility index (Phi) is 5.36. The zero-order valence-corrected chi connectivity index (χ0v) is 10.6. The Labute approximate surface area is 106 Å². The molecular weight excluding hydrogens is 240 g/mol. The van der Waals surface area contributed by atoms with Crippen LogP contribution in [0.5, 0.6) is 0 Å². The maximum atomic E-state index is 11.9. The first-order valence-electron chi connectivity index (χ1n) is 5.96. The number of nitrogens with one attached hydrogen (secondary N) is 1. The number of amides is 2. The summed E-state index contributed by atoms with van der Waals surface area (Å²) in [6, 6.07) is -1.59. The highest BCUT2D eigenvalue weighted by Gasteiger charge is 2.39. The third-order valence-electron chi connectivity index (χ3n) is 3.01. The smallest absolute Gasteiger partial charge is 0.326 e. The number of β-amino-alcohol motifs (C(OH)–C–C–N with tert-alkyl or cyclic N) is 1. The summed E-state index contributed by atoms with van der Waals surface area (Å²) in [5, 5.41) is 21.1. The molecule has 7 heteroatoms. The number of aliphatic hydroxyl groups excluding tert-OH is 1. The molecule has 0 aromatic heterocycles. The van der Waals surface area contributed by atoms with Crippen molar-refractivity contribution < 1.29 is 24.5 Å². The van der Waals surface area contributed by atoms with E-state index in [4.69, 9.17) is 9.84 Å². The van der Waals surface area contributed by atoms with E-state index in [1.54, 1.807) is 0 Å². The van der Waals surface area contributed by atoms with Crippen LogP contribution in [0.3, 0.4) is 0 Å². The molecule has 3 atom stereocenters. The van der Waals surface area contributed by atoms with Crippen LogP contribution < -0.4 is 5.32 Å². The maximum absolute atomic E-state index is 11.9. The number of hydrogen-bond acceptors (Lipinski definition) is 4. The Bertz CT molecular complexity index is 310. The van der Waals surface area contributed by atoms with Crippen LogP contribution in [0.25, 0.3) is 0 Å². The van der Waals surface area contributed by atoms with Crippen LogP contribution in [0.4, 0.5) is 4.79 Å². The molecule has 1 aliphatic rings. The molecule has 0 spiro atoms. The van der Waals surface area contributed by atoms with Gasteiger partial charge in [0, 0.05) is 20.1 Å². The topological polar surface area (TPSA) is 99.1 Å². The van der Waals surface area contributed by atoms with Crippen molar-refractivity contribution in [2.45, 2.75) is 38.0 Å². The second kappa shape index (κ2) is 6.55. The molecule has 3 unspecified atom stereocenters. The normalized spacial score (nSPS) is 24.9. The van der Waals surface area contributed by atoms with Crippen molar-refractivity contribution in [2.75, 3.05) is 20.3 Å². The van der Waals surface area contributed by atoms with E-state index in [1.165, 1.54) is 7.11 Å². The van der Waals surface area contributed by atoms with Crippen molar-refractivity contribution in [3.05, 3.63) is 0 Å². The number of ether oxygens (including phenoxy) is 1. The zero-order chi connectivity index (χ0) is 13.7. The van der Waals surface area contributed by atoms with E-state index in [-0.39, 0.29) is 19.0 Å². The van der Waals surface area contributed by atoms with Crippen LogP contribution in [0.15, 0.2) is 0 Å². The van der Waals surface area contributed by atoms with Gasteiger partial charge in [0.15, 0.2) is 0 Å². The van der Waals surface area contributed by atoms with Crippen LogP contribution in [0.2, 0.25) is 0 Å². The van der Waals surface area contributed by atoms with Crippen molar-refractivity contribution in [2.24, 2.45) is 0 Å². The van der Waals surface area contributed by atoms with Crippen molar-refractivity contribution in [1.29, 1.82) is 0 Å². The number of methoxy groups -OCH3 is 1. The quantitative estimate of drug-likeness (QED) is 0.627. The van der Waals surface area contributed by atoms with Gasteiger partial charge in [-0.05, 0) is 6.42 Å². The molecule has 1 aliphatic heterocycles. The summed E-state index contributed by atoms with van der Waals surface area (Å²) in [6.45, 7) is 2.32. The highest BCUT2D eigenvalue weighted by Crippen LogP contribution is 2.18. The molecule has 18 heavy (non-hydrogen) atoms. The minimum absolute atomic E-state index is 0.0478. The Balaban J connectivity index is 2.61. The summed E-state index contributed by atoms with van der Waals surface area (Å²) >= 11 is 0. The fraction of sp³-hybridized carbons (Fsp3) is 0.818. The van der Waals surface area contributed by atoms with Crippen molar-refractivity contribution >= 4 is 12.0 Å². The fourth-order valence-electron chi connectivity index (χ4n) is 1.99. The molecule has 0 radical (unpaired) electrons. The number of aliphatic hydroxyl groups is 1. The second-order valence-electron chi connectivity index (χ2n) is 4.41. The number of nitrogens with zero attached hydrogens (tertiary/aromatic N) is 1. The molecule has 1 saturated heterocycles. The van der Waals surface area contributed by atoms with Gasteiger partial charge in [0.05, 0.1) is 18.8 Å². The SMILES string of the molecule is CCC(COC)NC(=O)N1CC(O)CC1C(=O)O. The Hall–Kier alpha value is -1.34. The lowest BCUT2D eigenvalue weighted by Crippen LogP contribution is -2.50. The number of rotatable bonds is 5. The molecule has 0 aromatic carbocycles. The van der Waals surface area contributed by atoms with Gasteiger partial charge < -0.3 is 25.2 Å². The van der Waals surface area contributed by atoms with Gasteiger partial charge in [0.2, 0.25) is 0 Å². The molecule has 104 valence electrons. The predicted molar refractivity (Wildman–Crippen MR) is 63.2 cm³/mol. The van der Waals surface area contributed by atoms with Crippen LogP contribution >= 0.6 is 0 Å². The van der Waals surface area contributed by atoms with E-state index in [2.05, 4.69) is 5.32 Å². The number of aliphatic carboxylic acids is 1. The van der Waals surface area contributed by atoms with Gasteiger partial charge >= 0.3 is 12.0 Å². The maximum Gasteiger partial charge on any atom is 0.326 e. The van der Waals surface area contributed by atoms with E-state index < -0.39 is 24.1 Å². The highest BCUT2D eigenvalue weighted by atomic mass is 16.5. The number of carboxylic acids is 1. The molecule has 7 nitrogen and oxygen atoms in total. The number of carbonyl (C=O) groups excluding carboxylic acids is 1. The van der Waals surface area contributed by atoms with Crippen molar-refractivity contribution in [3.63, 3.8) is 0 Å². The summed E-state index contributed by atoms with van der Waals surface area (Å²) in [6.07, 6.45) is -0.0169. The number of carbonyl (C=O) groups is 2. The van der Waals surface area contributed by atoms with Gasteiger partial charge in [0.1, 0.15) is 6.04 Å². The number of carboxylic acid groups (broad SMARTS) is 1. The molecule has 0 aromatic rings. The Morgan fingerprint density at radius 3 is 2.72 bits per heavy atom. The van der Waals surface area contributed by atoms with Crippen molar-refractivity contribution in [1.82, 2.24) is 10.2 Å². The Morgan fingerprint density at radius 2 is 2.22 bits per heavy atom.